The van der Waals surface area contributed by atoms with E-state index >= 15 is 0 Å². The van der Waals surface area contributed by atoms with Crippen LogP contribution < -0.4 is 5.32 Å². The number of ether oxygens (including phenoxy) is 1. The Morgan fingerprint density at radius 1 is 1.33 bits per heavy atom. The molecular formula is C12H26N2O. The van der Waals surface area contributed by atoms with Gasteiger partial charge in [-0.2, -0.15) is 0 Å². The SMILES string of the molecule is CNCCC1(OC)CCN(C(C)C)CC1. The summed E-state index contributed by atoms with van der Waals surface area (Å²) < 4.78 is 5.74. The van der Waals surface area contributed by atoms with Crippen LogP contribution in [0.1, 0.15) is 33.1 Å². The molecule has 0 unspecified atom stereocenters. The second kappa shape index (κ2) is 5.83. The van der Waals surface area contributed by atoms with Crippen molar-refractivity contribution in [2.45, 2.75) is 44.8 Å². The molecule has 0 aromatic heterocycles. The van der Waals surface area contributed by atoms with E-state index in [2.05, 4.69) is 24.1 Å². The number of likely N-dealkylation sites (tertiary alicyclic amines) is 1. The molecule has 0 saturated carbocycles. The maximum Gasteiger partial charge on any atom is 0.0715 e. The van der Waals surface area contributed by atoms with E-state index in [9.17, 15) is 0 Å². The topological polar surface area (TPSA) is 24.5 Å². The molecule has 1 rings (SSSR count). The van der Waals surface area contributed by atoms with Gasteiger partial charge in [0.05, 0.1) is 5.60 Å². The molecule has 15 heavy (non-hydrogen) atoms. The van der Waals surface area contributed by atoms with Crippen LogP contribution in [0.25, 0.3) is 0 Å². The van der Waals surface area contributed by atoms with Crippen molar-refractivity contribution in [3.05, 3.63) is 0 Å². The minimum atomic E-state index is 0.133. The third-order valence-electron chi connectivity index (χ3n) is 3.70. The lowest BCUT2D eigenvalue weighted by Gasteiger charge is -2.42. The van der Waals surface area contributed by atoms with Gasteiger partial charge in [-0.05, 0) is 46.7 Å². The molecular weight excluding hydrogens is 188 g/mol. The summed E-state index contributed by atoms with van der Waals surface area (Å²) in [4.78, 5) is 2.54. The van der Waals surface area contributed by atoms with Crippen LogP contribution in [0.15, 0.2) is 0 Å². The first-order valence-electron chi connectivity index (χ1n) is 6.07. The van der Waals surface area contributed by atoms with Crippen molar-refractivity contribution in [2.24, 2.45) is 0 Å². The molecule has 0 radical (unpaired) electrons. The number of piperidine rings is 1. The van der Waals surface area contributed by atoms with Crippen LogP contribution in [-0.2, 0) is 4.74 Å². The van der Waals surface area contributed by atoms with Crippen LogP contribution in [-0.4, -0.2) is 50.3 Å². The largest absolute Gasteiger partial charge is 0.378 e. The minimum Gasteiger partial charge on any atom is -0.378 e. The lowest BCUT2D eigenvalue weighted by molar-refractivity contribution is -0.0661. The Hall–Kier alpha value is -0.120. The molecule has 0 aliphatic carbocycles. The Morgan fingerprint density at radius 2 is 1.93 bits per heavy atom. The first kappa shape index (κ1) is 12.9. The van der Waals surface area contributed by atoms with Crippen LogP contribution in [0.2, 0.25) is 0 Å². The highest BCUT2D eigenvalue weighted by molar-refractivity contribution is 4.88. The molecule has 0 amide bonds. The number of rotatable bonds is 5. The quantitative estimate of drug-likeness (QED) is 0.750. The zero-order valence-corrected chi connectivity index (χ0v) is 10.7. The van der Waals surface area contributed by atoms with Gasteiger partial charge in [0.25, 0.3) is 0 Å². The van der Waals surface area contributed by atoms with Crippen molar-refractivity contribution in [3.8, 4) is 0 Å². The highest BCUT2D eigenvalue weighted by atomic mass is 16.5. The summed E-state index contributed by atoms with van der Waals surface area (Å²) in [6.45, 7) is 7.95. The fourth-order valence-electron chi connectivity index (χ4n) is 2.36. The van der Waals surface area contributed by atoms with Gasteiger partial charge in [-0.1, -0.05) is 0 Å². The van der Waals surface area contributed by atoms with Gasteiger partial charge in [0, 0.05) is 26.2 Å². The molecule has 1 heterocycles. The van der Waals surface area contributed by atoms with Crippen LogP contribution in [0.5, 0.6) is 0 Å². The Kier molecular flexibility index (Phi) is 5.03. The average molecular weight is 214 g/mol. The zero-order valence-electron chi connectivity index (χ0n) is 10.7. The van der Waals surface area contributed by atoms with E-state index in [4.69, 9.17) is 4.74 Å². The second-order valence-corrected chi connectivity index (χ2v) is 4.87. The highest BCUT2D eigenvalue weighted by Crippen LogP contribution is 2.29. The number of nitrogens with zero attached hydrogens (tertiary/aromatic N) is 1. The number of hydrogen-bond donors (Lipinski definition) is 1. The zero-order chi connectivity index (χ0) is 11.3. The normalized spacial score (nSPS) is 22.2. The van der Waals surface area contributed by atoms with E-state index in [0.29, 0.717) is 6.04 Å². The first-order valence-corrected chi connectivity index (χ1v) is 6.07. The van der Waals surface area contributed by atoms with E-state index in [-0.39, 0.29) is 5.60 Å². The van der Waals surface area contributed by atoms with Crippen LogP contribution >= 0.6 is 0 Å². The molecule has 0 aromatic rings. The summed E-state index contributed by atoms with van der Waals surface area (Å²) in [7, 11) is 3.87. The van der Waals surface area contributed by atoms with Crippen molar-refractivity contribution in [1.82, 2.24) is 10.2 Å². The van der Waals surface area contributed by atoms with Gasteiger partial charge in [-0.15, -0.1) is 0 Å². The average Bonchev–Trinajstić information content (AvgIpc) is 2.27. The fraction of sp³-hybridized carbons (Fsp3) is 1.00. The summed E-state index contributed by atoms with van der Waals surface area (Å²) in [6, 6.07) is 0.671. The van der Waals surface area contributed by atoms with Crippen LogP contribution in [0.3, 0.4) is 0 Å². The maximum atomic E-state index is 5.74. The minimum absolute atomic E-state index is 0.133. The summed E-state index contributed by atoms with van der Waals surface area (Å²) in [5.74, 6) is 0. The van der Waals surface area contributed by atoms with Crippen LogP contribution in [0.4, 0.5) is 0 Å². The maximum absolute atomic E-state index is 5.74. The van der Waals surface area contributed by atoms with Crippen molar-refractivity contribution < 1.29 is 4.74 Å². The molecule has 1 aliphatic heterocycles. The molecule has 1 aliphatic rings. The predicted octanol–water partition coefficient (Wildman–Crippen LogP) is 1.49. The molecule has 0 spiro atoms. The molecule has 3 nitrogen and oxygen atoms in total. The standard InChI is InChI=1S/C12H26N2O/c1-11(2)14-9-6-12(15-4,7-10-14)5-8-13-3/h11,13H,5-10H2,1-4H3. The van der Waals surface area contributed by atoms with Crippen molar-refractivity contribution in [1.29, 1.82) is 0 Å². The van der Waals surface area contributed by atoms with Gasteiger partial charge < -0.3 is 15.0 Å². The Balaban J connectivity index is 2.43. The Morgan fingerprint density at radius 3 is 2.33 bits per heavy atom. The van der Waals surface area contributed by atoms with Crippen molar-refractivity contribution in [3.63, 3.8) is 0 Å². The van der Waals surface area contributed by atoms with E-state index in [1.807, 2.05) is 14.2 Å². The Bertz CT molecular complexity index is 174. The van der Waals surface area contributed by atoms with Gasteiger partial charge in [0.2, 0.25) is 0 Å². The molecule has 0 bridgehead atoms. The van der Waals surface area contributed by atoms with Crippen LogP contribution in [0, 0.1) is 0 Å². The highest BCUT2D eigenvalue weighted by Gasteiger charge is 2.34. The predicted molar refractivity (Wildman–Crippen MR) is 64.2 cm³/mol. The molecule has 1 fully saturated rings. The van der Waals surface area contributed by atoms with E-state index in [1.54, 1.807) is 0 Å². The monoisotopic (exact) mass is 214 g/mol. The summed E-state index contributed by atoms with van der Waals surface area (Å²) in [5, 5.41) is 3.21. The first-order chi connectivity index (χ1) is 7.13. The van der Waals surface area contributed by atoms with Gasteiger partial charge in [0.15, 0.2) is 0 Å². The smallest absolute Gasteiger partial charge is 0.0715 e. The van der Waals surface area contributed by atoms with Gasteiger partial charge in [-0.25, -0.2) is 0 Å². The molecule has 1 N–H and O–H groups in total. The fourth-order valence-corrected chi connectivity index (χ4v) is 2.36. The number of nitrogens with one attached hydrogen (secondary N) is 1. The van der Waals surface area contributed by atoms with Crippen molar-refractivity contribution in [2.75, 3.05) is 33.8 Å². The molecule has 1 saturated heterocycles. The van der Waals surface area contributed by atoms with Gasteiger partial charge in [-0.3, -0.25) is 0 Å². The molecule has 0 atom stereocenters. The van der Waals surface area contributed by atoms with Crippen molar-refractivity contribution >= 4 is 0 Å². The summed E-state index contributed by atoms with van der Waals surface area (Å²) >= 11 is 0. The molecule has 0 aromatic carbocycles. The lowest BCUT2D eigenvalue weighted by Crippen LogP contribution is -2.48. The van der Waals surface area contributed by atoms with E-state index in [0.717, 1.165) is 13.0 Å². The van der Waals surface area contributed by atoms with E-state index in [1.165, 1.54) is 25.9 Å². The molecule has 3 heteroatoms. The lowest BCUT2D eigenvalue weighted by atomic mass is 9.87. The van der Waals surface area contributed by atoms with Gasteiger partial charge >= 0.3 is 0 Å². The number of hydrogen-bond acceptors (Lipinski definition) is 3. The number of methoxy groups -OCH3 is 1. The Labute approximate surface area is 94.2 Å². The third-order valence-corrected chi connectivity index (χ3v) is 3.70. The van der Waals surface area contributed by atoms with Gasteiger partial charge in [0.1, 0.15) is 0 Å². The summed E-state index contributed by atoms with van der Waals surface area (Å²) in [6.07, 6.45) is 3.47. The second-order valence-electron chi connectivity index (χ2n) is 4.87. The third kappa shape index (κ3) is 3.44. The molecule has 90 valence electrons. The summed E-state index contributed by atoms with van der Waals surface area (Å²) in [5.41, 5.74) is 0.133. The van der Waals surface area contributed by atoms with E-state index < -0.39 is 0 Å².